The molecule has 19 heavy (non-hydrogen) atoms. The highest BCUT2D eigenvalue weighted by Gasteiger charge is 2.12. The molecule has 0 aliphatic heterocycles. The summed E-state index contributed by atoms with van der Waals surface area (Å²) in [5, 5.41) is 1.37. The topological polar surface area (TPSA) is 77.6 Å². The monoisotopic (exact) mass is 295 g/mol. The largest absolute Gasteiger partial charge is 0.395 e. The van der Waals surface area contributed by atoms with E-state index in [-0.39, 0.29) is 5.28 Å². The van der Waals surface area contributed by atoms with Gasteiger partial charge in [-0.05, 0) is 56.6 Å². The van der Waals surface area contributed by atoms with E-state index in [1.807, 2.05) is 20.8 Å². The molecule has 2 aromatic rings. The molecule has 0 spiro atoms. The maximum absolute atomic E-state index is 5.95. The van der Waals surface area contributed by atoms with E-state index in [4.69, 9.17) is 17.3 Å². The molecule has 7 heteroatoms. The first-order valence-electron chi connectivity index (χ1n) is 5.67. The van der Waals surface area contributed by atoms with Crippen molar-refractivity contribution in [1.82, 2.24) is 19.9 Å². The standard InChI is InChI=1S/C12H14ClN5S/c1-5-6(2)16-12(17-7(5)3)19-10-9(14)8(4)15-11(13)18-10/h14H2,1-4H3. The minimum Gasteiger partial charge on any atom is -0.395 e. The molecule has 0 radical (unpaired) electrons. The van der Waals surface area contributed by atoms with E-state index in [9.17, 15) is 0 Å². The predicted molar refractivity (Wildman–Crippen MR) is 76.6 cm³/mol. The van der Waals surface area contributed by atoms with E-state index >= 15 is 0 Å². The average molecular weight is 296 g/mol. The smallest absolute Gasteiger partial charge is 0.223 e. The maximum atomic E-state index is 5.95. The summed E-state index contributed by atoms with van der Waals surface area (Å²) in [4.78, 5) is 17.0. The lowest BCUT2D eigenvalue weighted by molar-refractivity contribution is 0.877. The van der Waals surface area contributed by atoms with Gasteiger partial charge in [-0.15, -0.1) is 0 Å². The molecule has 0 unspecified atom stereocenters. The quantitative estimate of drug-likeness (QED) is 0.678. The van der Waals surface area contributed by atoms with Crippen LogP contribution in [0.1, 0.15) is 22.6 Å². The molecule has 0 amide bonds. The number of hydrogen-bond acceptors (Lipinski definition) is 6. The summed E-state index contributed by atoms with van der Waals surface area (Å²) in [6.45, 7) is 7.70. The molecule has 0 aromatic carbocycles. The second-order valence-corrected chi connectivity index (χ2v) is 5.49. The number of hydrogen-bond donors (Lipinski definition) is 1. The molecule has 0 aliphatic rings. The van der Waals surface area contributed by atoms with Crippen LogP contribution in [0.2, 0.25) is 5.28 Å². The van der Waals surface area contributed by atoms with Gasteiger partial charge < -0.3 is 5.73 Å². The SMILES string of the molecule is Cc1nc(Sc2nc(Cl)nc(C)c2N)nc(C)c1C. The number of aromatic nitrogens is 4. The van der Waals surface area contributed by atoms with Crippen LogP contribution in [-0.2, 0) is 0 Å². The van der Waals surface area contributed by atoms with Crippen molar-refractivity contribution in [3.05, 3.63) is 27.9 Å². The Kier molecular flexibility index (Phi) is 3.91. The number of halogens is 1. The normalized spacial score (nSPS) is 10.8. The van der Waals surface area contributed by atoms with Gasteiger partial charge >= 0.3 is 0 Å². The van der Waals surface area contributed by atoms with Gasteiger partial charge in [-0.2, -0.15) is 0 Å². The van der Waals surface area contributed by atoms with Gasteiger partial charge in [-0.25, -0.2) is 19.9 Å². The summed E-state index contributed by atoms with van der Waals surface area (Å²) >= 11 is 7.14. The summed E-state index contributed by atoms with van der Waals surface area (Å²) in [6.07, 6.45) is 0. The van der Waals surface area contributed by atoms with Crippen molar-refractivity contribution >= 4 is 29.1 Å². The zero-order chi connectivity index (χ0) is 14.2. The highest BCUT2D eigenvalue weighted by molar-refractivity contribution is 7.99. The maximum Gasteiger partial charge on any atom is 0.223 e. The fraction of sp³-hybridized carbons (Fsp3) is 0.333. The fourth-order valence-electron chi connectivity index (χ4n) is 1.47. The van der Waals surface area contributed by atoms with Crippen LogP contribution < -0.4 is 5.73 Å². The lowest BCUT2D eigenvalue weighted by Gasteiger charge is -2.08. The zero-order valence-corrected chi connectivity index (χ0v) is 12.7. The lowest BCUT2D eigenvalue weighted by atomic mass is 10.2. The second-order valence-electron chi connectivity index (χ2n) is 4.20. The Hall–Kier alpha value is -1.40. The number of nitrogens with zero attached hydrogens (tertiary/aromatic N) is 4. The Bertz CT molecular complexity index is 621. The van der Waals surface area contributed by atoms with E-state index in [2.05, 4.69) is 19.9 Å². The Morgan fingerprint density at radius 3 is 2.05 bits per heavy atom. The van der Waals surface area contributed by atoms with Crippen LogP contribution in [0.5, 0.6) is 0 Å². The molecule has 100 valence electrons. The lowest BCUT2D eigenvalue weighted by Crippen LogP contribution is -2.02. The van der Waals surface area contributed by atoms with Crippen molar-refractivity contribution in [3.63, 3.8) is 0 Å². The first-order chi connectivity index (χ1) is 8.88. The molecule has 2 rings (SSSR count). The average Bonchev–Trinajstić information content (AvgIpc) is 2.32. The Balaban J connectivity index is 2.42. The first kappa shape index (κ1) is 14.0. The molecule has 0 bridgehead atoms. The fourth-order valence-corrected chi connectivity index (χ4v) is 2.66. The Labute approximate surface area is 121 Å². The van der Waals surface area contributed by atoms with E-state index in [1.54, 1.807) is 6.92 Å². The van der Waals surface area contributed by atoms with Gasteiger partial charge in [0.05, 0.1) is 11.4 Å². The van der Waals surface area contributed by atoms with Gasteiger partial charge in [-0.1, -0.05) is 0 Å². The molecule has 0 aliphatic carbocycles. The molecule has 2 aromatic heterocycles. The summed E-state index contributed by atoms with van der Waals surface area (Å²) in [5.41, 5.74) is 10.1. The van der Waals surface area contributed by atoms with E-state index < -0.39 is 0 Å². The number of anilines is 1. The number of nitrogens with two attached hydrogens (primary N) is 1. The third-order valence-corrected chi connectivity index (χ3v) is 3.91. The van der Waals surface area contributed by atoms with Crippen molar-refractivity contribution in [2.45, 2.75) is 37.9 Å². The summed E-state index contributed by atoms with van der Waals surface area (Å²) in [5.74, 6) is 0. The minimum atomic E-state index is 0.176. The summed E-state index contributed by atoms with van der Waals surface area (Å²) < 4.78 is 0. The second kappa shape index (κ2) is 5.30. The molecule has 0 fully saturated rings. The highest BCUT2D eigenvalue weighted by atomic mass is 35.5. The van der Waals surface area contributed by atoms with Crippen LogP contribution in [0.25, 0.3) is 0 Å². The molecule has 0 atom stereocenters. The van der Waals surface area contributed by atoms with E-state index in [0.717, 1.165) is 17.0 Å². The minimum absolute atomic E-state index is 0.176. The van der Waals surface area contributed by atoms with Gasteiger partial charge in [0.1, 0.15) is 5.03 Å². The van der Waals surface area contributed by atoms with Crippen LogP contribution in [0.4, 0.5) is 5.69 Å². The molecule has 5 nitrogen and oxygen atoms in total. The van der Waals surface area contributed by atoms with Crippen LogP contribution in [0, 0.1) is 27.7 Å². The van der Waals surface area contributed by atoms with Gasteiger partial charge in [0, 0.05) is 11.4 Å². The summed E-state index contributed by atoms with van der Waals surface area (Å²) in [7, 11) is 0. The van der Waals surface area contributed by atoms with Gasteiger partial charge in [0.2, 0.25) is 5.28 Å². The third-order valence-electron chi connectivity index (χ3n) is 2.87. The Morgan fingerprint density at radius 2 is 1.47 bits per heavy atom. The van der Waals surface area contributed by atoms with Crippen molar-refractivity contribution in [1.29, 1.82) is 0 Å². The van der Waals surface area contributed by atoms with Crippen molar-refractivity contribution in [2.75, 3.05) is 5.73 Å². The van der Waals surface area contributed by atoms with Crippen molar-refractivity contribution in [3.8, 4) is 0 Å². The first-order valence-corrected chi connectivity index (χ1v) is 6.87. The molecule has 2 heterocycles. The molecule has 0 saturated heterocycles. The molecule has 2 N–H and O–H groups in total. The number of nitrogen functional groups attached to an aromatic ring is 1. The van der Waals surface area contributed by atoms with Crippen molar-refractivity contribution < 1.29 is 0 Å². The zero-order valence-electron chi connectivity index (χ0n) is 11.2. The van der Waals surface area contributed by atoms with Crippen LogP contribution >= 0.6 is 23.4 Å². The van der Waals surface area contributed by atoms with Crippen LogP contribution in [0.3, 0.4) is 0 Å². The van der Waals surface area contributed by atoms with Gasteiger partial charge in [0.25, 0.3) is 0 Å². The Morgan fingerprint density at radius 1 is 0.895 bits per heavy atom. The molecular weight excluding hydrogens is 282 g/mol. The van der Waals surface area contributed by atoms with Crippen LogP contribution in [0.15, 0.2) is 10.2 Å². The van der Waals surface area contributed by atoms with Crippen molar-refractivity contribution in [2.24, 2.45) is 0 Å². The van der Waals surface area contributed by atoms with E-state index in [0.29, 0.717) is 21.6 Å². The third kappa shape index (κ3) is 2.96. The number of aryl methyl sites for hydroxylation is 3. The van der Waals surface area contributed by atoms with E-state index in [1.165, 1.54) is 11.8 Å². The molecular formula is C12H14ClN5S. The van der Waals surface area contributed by atoms with Crippen LogP contribution in [-0.4, -0.2) is 19.9 Å². The highest BCUT2D eigenvalue weighted by Crippen LogP contribution is 2.30. The number of rotatable bonds is 2. The van der Waals surface area contributed by atoms with Gasteiger partial charge in [-0.3, -0.25) is 0 Å². The summed E-state index contributed by atoms with van der Waals surface area (Å²) in [6, 6.07) is 0. The predicted octanol–water partition coefficient (Wildman–Crippen LogP) is 2.89. The van der Waals surface area contributed by atoms with Gasteiger partial charge in [0.15, 0.2) is 5.16 Å². The molecule has 0 saturated carbocycles.